The predicted octanol–water partition coefficient (Wildman–Crippen LogP) is 2.10. The van der Waals surface area contributed by atoms with E-state index >= 15 is 0 Å². The van der Waals surface area contributed by atoms with E-state index in [9.17, 15) is 5.11 Å². The first-order valence-corrected chi connectivity index (χ1v) is 3.81. The van der Waals surface area contributed by atoms with E-state index in [4.69, 9.17) is 9.78 Å². The Bertz CT molecular complexity index is 373. The van der Waals surface area contributed by atoms with Crippen LogP contribution in [0.25, 0.3) is 5.57 Å². The first-order chi connectivity index (χ1) is 6.07. The first kappa shape index (κ1) is 9.33. The lowest BCUT2D eigenvalue weighted by Crippen LogP contribution is -1.89. The standard InChI is InChI=1S/C9H10N2O2/c1-5-9(7(3)13-11-5)8(4-10)6(2)12/h12H,1-3H3/b8-6+. The number of aliphatic hydroxyl groups excluding tert-OH is 1. The van der Waals surface area contributed by atoms with Gasteiger partial charge in [-0.05, 0) is 20.8 Å². The summed E-state index contributed by atoms with van der Waals surface area (Å²) in [6, 6.07) is 1.92. The van der Waals surface area contributed by atoms with Gasteiger partial charge in [-0.3, -0.25) is 0 Å². The van der Waals surface area contributed by atoms with E-state index in [-0.39, 0.29) is 11.3 Å². The fourth-order valence-corrected chi connectivity index (χ4v) is 1.16. The van der Waals surface area contributed by atoms with Crippen molar-refractivity contribution in [2.75, 3.05) is 0 Å². The number of hydrogen-bond donors (Lipinski definition) is 1. The van der Waals surface area contributed by atoms with Crippen LogP contribution in [0.5, 0.6) is 0 Å². The Morgan fingerprint density at radius 1 is 1.54 bits per heavy atom. The fourth-order valence-electron chi connectivity index (χ4n) is 1.16. The summed E-state index contributed by atoms with van der Waals surface area (Å²) in [7, 11) is 0. The highest BCUT2D eigenvalue weighted by Crippen LogP contribution is 2.23. The summed E-state index contributed by atoms with van der Waals surface area (Å²) in [5, 5.41) is 21.7. The van der Waals surface area contributed by atoms with Gasteiger partial charge in [0.1, 0.15) is 23.2 Å². The highest BCUT2D eigenvalue weighted by molar-refractivity contribution is 5.79. The Morgan fingerprint density at radius 2 is 2.15 bits per heavy atom. The molecule has 0 unspecified atom stereocenters. The molecule has 68 valence electrons. The Balaban J connectivity index is 3.38. The summed E-state index contributed by atoms with van der Waals surface area (Å²) >= 11 is 0. The number of nitrogens with zero attached hydrogens (tertiary/aromatic N) is 2. The van der Waals surface area contributed by atoms with Crippen molar-refractivity contribution in [3.8, 4) is 6.07 Å². The predicted molar refractivity (Wildman–Crippen MR) is 46.8 cm³/mol. The quantitative estimate of drug-likeness (QED) is 0.528. The maximum absolute atomic E-state index is 9.22. The molecule has 0 amide bonds. The molecule has 0 radical (unpaired) electrons. The van der Waals surface area contributed by atoms with Gasteiger partial charge in [-0.2, -0.15) is 5.26 Å². The molecule has 4 heteroatoms. The molecule has 1 aromatic heterocycles. The SMILES string of the molecule is C/C(O)=C(/C#N)c1c(C)noc1C. The summed E-state index contributed by atoms with van der Waals surface area (Å²) < 4.78 is 4.88. The van der Waals surface area contributed by atoms with Gasteiger partial charge in [0.25, 0.3) is 0 Å². The van der Waals surface area contributed by atoms with Crippen LogP contribution < -0.4 is 0 Å². The molecule has 0 saturated heterocycles. The lowest BCUT2D eigenvalue weighted by atomic mass is 10.0. The number of allylic oxidation sites excluding steroid dienone is 2. The van der Waals surface area contributed by atoms with Crippen molar-refractivity contribution in [3.05, 3.63) is 22.8 Å². The smallest absolute Gasteiger partial charge is 0.142 e. The molecule has 4 nitrogen and oxygen atoms in total. The van der Waals surface area contributed by atoms with Crippen LogP contribution in [0.3, 0.4) is 0 Å². The van der Waals surface area contributed by atoms with Crippen molar-refractivity contribution in [1.29, 1.82) is 5.26 Å². The van der Waals surface area contributed by atoms with Gasteiger partial charge in [0.15, 0.2) is 0 Å². The van der Waals surface area contributed by atoms with Crippen LogP contribution in [-0.2, 0) is 0 Å². The molecule has 13 heavy (non-hydrogen) atoms. The average Bonchev–Trinajstić information content (AvgIpc) is 2.36. The Labute approximate surface area is 76.1 Å². The molecular weight excluding hydrogens is 168 g/mol. The van der Waals surface area contributed by atoms with Gasteiger partial charge in [0, 0.05) is 0 Å². The summed E-state index contributed by atoms with van der Waals surface area (Å²) in [6.07, 6.45) is 0. The molecule has 0 aromatic carbocycles. The van der Waals surface area contributed by atoms with Crippen LogP contribution in [0.2, 0.25) is 0 Å². The molecule has 0 aliphatic heterocycles. The van der Waals surface area contributed by atoms with Gasteiger partial charge in [-0.1, -0.05) is 5.16 Å². The van der Waals surface area contributed by atoms with Gasteiger partial charge in [-0.15, -0.1) is 0 Å². The molecule has 1 rings (SSSR count). The van der Waals surface area contributed by atoms with E-state index in [0.29, 0.717) is 17.0 Å². The maximum Gasteiger partial charge on any atom is 0.142 e. The topological polar surface area (TPSA) is 70.0 Å². The number of aryl methyl sites for hydroxylation is 2. The van der Waals surface area contributed by atoms with E-state index in [1.807, 2.05) is 6.07 Å². The number of rotatable bonds is 1. The first-order valence-electron chi connectivity index (χ1n) is 3.81. The third kappa shape index (κ3) is 1.54. The van der Waals surface area contributed by atoms with Crippen LogP contribution in [0.15, 0.2) is 10.3 Å². The molecule has 1 N–H and O–H groups in total. The highest BCUT2D eigenvalue weighted by Gasteiger charge is 2.15. The number of hydrogen-bond acceptors (Lipinski definition) is 4. The normalized spacial score (nSPS) is 12.2. The fraction of sp³-hybridized carbons (Fsp3) is 0.333. The molecule has 1 heterocycles. The van der Waals surface area contributed by atoms with Crippen LogP contribution >= 0.6 is 0 Å². The summed E-state index contributed by atoms with van der Waals surface area (Å²) in [6.45, 7) is 4.89. The Kier molecular flexibility index (Phi) is 2.38. The van der Waals surface area contributed by atoms with Gasteiger partial charge in [-0.25, -0.2) is 0 Å². The van der Waals surface area contributed by atoms with E-state index in [2.05, 4.69) is 5.16 Å². The third-order valence-corrected chi connectivity index (χ3v) is 1.76. The summed E-state index contributed by atoms with van der Waals surface area (Å²) in [5.74, 6) is 0.527. The number of aromatic nitrogens is 1. The van der Waals surface area contributed by atoms with Crippen LogP contribution in [0.1, 0.15) is 23.9 Å². The number of aliphatic hydroxyl groups is 1. The van der Waals surface area contributed by atoms with Gasteiger partial charge in [0.05, 0.1) is 11.3 Å². The van der Waals surface area contributed by atoms with Crippen molar-refractivity contribution in [2.45, 2.75) is 20.8 Å². The lowest BCUT2D eigenvalue weighted by molar-refractivity contribution is 0.392. The molecule has 0 bridgehead atoms. The molecule has 0 saturated carbocycles. The molecule has 0 spiro atoms. The van der Waals surface area contributed by atoms with Gasteiger partial charge < -0.3 is 9.63 Å². The van der Waals surface area contributed by atoms with Crippen molar-refractivity contribution < 1.29 is 9.63 Å². The molecule has 0 atom stereocenters. The van der Waals surface area contributed by atoms with Crippen molar-refractivity contribution in [1.82, 2.24) is 5.16 Å². The van der Waals surface area contributed by atoms with Crippen molar-refractivity contribution in [2.24, 2.45) is 0 Å². The third-order valence-electron chi connectivity index (χ3n) is 1.76. The van der Waals surface area contributed by atoms with Gasteiger partial charge >= 0.3 is 0 Å². The minimum absolute atomic E-state index is 0.0168. The van der Waals surface area contributed by atoms with Crippen LogP contribution in [0.4, 0.5) is 0 Å². The molecular formula is C9H10N2O2. The summed E-state index contributed by atoms with van der Waals surface area (Å²) in [5.41, 5.74) is 1.42. The van der Waals surface area contributed by atoms with E-state index in [1.165, 1.54) is 6.92 Å². The minimum Gasteiger partial charge on any atom is -0.511 e. The minimum atomic E-state index is -0.0168. The maximum atomic E-state index is 9.22. The monoisotopic (exact) mass is 178 g/mol. The van der Waals surface area contributed by atoms with Crippen LogP contribution in [0, 0.1) is 25.2 Å². The van der Waals surface area contributed by atoms with Crippen molar-refractivity contribution >= 4 is 5.57 Å². The zero-order valence-corrected chi connectivity index (χ0v) is 7.75. The summed E-state index contributed by atoms with van der Waals surface area (Å²) in [4.78, 5) is 0. The largest absolute Gasteiger partial charge is 0.511 e. The molecule has 1 aromatic rings. The average molecular weight is 178 g/mol. The second kappa shape index (κ2) is 3.31. The second-order valence-corrected chi connectivity index (χ2v) is 2.77. The van der Waals surface area contributed by atoms with E-state index < -0.39 is 0 Å². The second-order valence-electron chi connectivity index (χ2n) is 2.77. The van der Waals surface area contributed by atoms with E-state index in [0.717, 1.165) is 0 Å². The lowest BCUT2D eigenvalue weighted by Gasteiger charge is -1.97. The van der Waals surface area contributed by atoms with E-state index in [1.54, 1.807) is 13.8 Å². The Hall–Kier alpha value is -1.76. The molecule has 0 fully saturated rings. The molecule has 0 aliphatic carbocycles. The van der Waals surface area contributed by atoms with Gasteiger partial charge in [0.2, 0.25) is 0 Å². The van der Waals surface area contributed by atoms with Crippen molar-refractivity contribution in [3.63, 3.8) is 0 Å². The zero-order valence-electron chi connectivity index (χ0n) is 7.75. The zero-order chi connectivity index (χ0) is 10.0. The highest BCUT2D eigenvalue weighted by atomic mass is 16.5. The number of nitriles is 1. The molecule has 0 aliphatic rings. The van der Waals surface area contributed by atoms with Crippen LogP contribution in [-0.4, -0.2) is 10.3 Å². The Morgan fingerprint density at radius 3 is 2.46 bits per heavy atom.